The number of rotatable bonds is 4. The molecule has 2 N–H and O–H groups in total. The molecule has 5 heteroatoms. The van der Waals surface area contributed by atoms with Gasteiger partial charge in [0.25, 0.3) is 0 Å². The van der Waals surface area contributed by atoms with E-state index in [0.29, 0.717) is 11.8 Å². The van der Waals surface area contributed by atoms with E-state index in [-0.39, 0.29) is 0 Å². The van der Waals surface area contributed by atoms with Crippen molar-refractivity contribution in [2.24, 2.45) is 0 Å². The third-order valence-corrected chi connectivity index (χ3v) is 4.65. The number of nitrogen functional groups attached to an aromatic ring is 1. The second kappa shape index (κ2) is 5.48. The van der Waals surface area contributed by atoms with Crippen molar-refractivity contribution >= 4 is 28.1 Å². The van der Waals surface area contributed by atoms with Crippen LogP contribution in [0.1, 0.15) is 43.4 Å². The van der Waals surface area contributed by atoms with Crippen LogP contribution >= 0.6 is 11.3 Å². The molecule has 0 saturated carbocycles. The normalized spacial score (nSPS) is 13.1. The molecular formula is C16H20N4S. The fourth-order valence-corrected chi connectivity index (χ4v) is 3.32. The molecule has 3 aromatic rings. The molecule has 110 valence electrons. The summed E-state index contributed by atoms with van der Waals surface area (Å²) in [6.45, 7) is 7.46. The van der Waals surface area contributed by atoms with Crippen molar-refractivity contribution in [2.75, 3.05) is 5.73 Å². The van der Waals surface area contributed by atoms with E-state index in [1.807, 2.05) is 23.7 Å². The number of aromatic nitrogens is 3. The van der Waals surface area contributed by atoms with Crippen molar-refractivity contribution < 1.29 is 0 Å². The van der Waals surface area contributed by atoms with Crippen LogP contribution in [0.15, 0.2) is 29.8 Å². The van der Waals surface area contributed by atoms with Crippen LogP contribution in [0.3, 0.4) is 0 Å². The van der Waals surface area contributed by atoms with Crippen molar-refractivity contribution in [3.05, 3.63) is 40.6 Å². The maximum atomic E-state index is 5.88. The van der Waals surface area contributed by atoms with Gasteiger partial charge >= 0.3 is 0 Å². The molecule has 0 aliphatic heterocycles. The third kappa shape index (κ3) is 2.65. The Labute approximate surface area is 128 Å². The van der Waals surface area contributed by atoms with Crippen LogP contribution in [0, 0.1) is 0 Å². The van der Waals surface area contributed by atoms with E-state index in [0.717, 1.165) is 29.1 Å². The van der Waals surface area contributed by atoms with Gasteiger partial charge in [0.2, 0.25) is 0 Å². The van der Waals surface area contributed by atoms with E-state index in [2.05, 4.69) is 36.4 Å². The number of thiazole rings is 1. The van der Waals surface area contributed by atoms with Crippen LogP contribution in [-0.4, -0.2) is 14.5 Å². The van der Waals surface area contributed by atoms with E-state index in [9.17, 15) is 0 Å². The van der Waals surface area contributed by atoms with Crippen LogP contribution in [0.4, 0.5) is 5.69 Å². The zero-order valence-corrected chi connectivity index (χ0v) is 13.4. The van der Waals surface area contributed by atoms with Crippen molar-refractivity contribution in [3.63, 3.8) is 0 Å². The maximum Gasteiger partial charge on any atom is 0.112 e. The first kappa shape index (κ1) is 14.1. The Balaban J connectivity index is 2.05. The number of hydrogen-bond donors (Lipinski definition) is 1. The molecule has 0 fully saturated rings. The third-order valence-electron chi connectivity index (χ3n) is 3.65. The van der Waals surface area contributed by atoms with E-state index >= 15 is 0 Å². The predicted octanol–water partition coefficient (Wildman–Crippen LogP) is 4.00. The molecule has 0 amide bonds. The highest BCUT2D eigenvalue weighted by Gasteiger charge is 2.17. The summed E-state index contributed by atoms with van der Waals surface area (Å²) in [6, 6.07) is 5.96. The number of fused-ring (bicyclic) bond motifs is 1. The number of imidazole rings is 1. The van der Waals surface area contributed by atoms with Crippen LogP contribution in [-0.2, 0) is 6.54 Å². The van der Waals surface area contributed by atoms with E-state index in [1.165, 1.54) is 5.01 Å². The van der Waals surface area contributed by atoms with Gasteiger partial charge in [-0.2, -0.15) is 0 Å². The molecule has 0 aliphatic carbocycles. The number of hydrogen-bond acceptors (Lipinski definition) is 4. The molecule has 1 unspecified atom stereocenters. The van der Waals surface area contributed by atoms with Gasteiger partial charge in [0.15, 0.2) is 0 Å². The first-order valence-electron chi connectivity index (χ1n) is 7.21. The van der Waals surface area contributed by atoms with Crippen molar-refractivity contribution in [1.82, 2.24) is 14.5 Å². The molecule has 2 heterocycles. The highest BCUT2D eigenvalue weighted by Crippen LogP contribution is 2.27. The first-order chi connectivity index (χ1) is 10.1. The van der Waals surface area contributed by atoms with Crippen LogP contribution in [0.5, 0.6) is 0 Å². The molecule has 0 radical (unpaired) electrons. The molecule has 4 nitrogen and oxygen atoms in total. The number of anilines is 1. The molecule has 1 aromatic carbocycles. The standard InChI is InChI=1S/C16H20N4S/c1-10(2)15-19-13-8-12(17)4-5-14(13)20(15)9-11(3)16-18-6-7-21-16/h4-8,10-11H,9,17H2,1-3H3. The summed E-state index contributed by atoms with van der Waals surface area (Å²) in [5.41, 5.74) is 8.77. The second-order valence-electron chi connectivity index (χ2n) is 5.75. The lowest BCUT2D eigenvalue weighted by atomic mass is 10.1. The lowest BCUT2D eigenvalue weighted by Gasteiger charge is -2.15. The monoisotopic (exact) mass is 300 g/mol. The van der Waals surface area contributed by atoms with Gasteiger partial charge in [0, 0.05) is 35.6 Å². The predicted molar refractivity (Wildman–Crippen MR) is 88.8 cm³/mol. The Morgan fingerprint density at radius 2 is 2.10 bits per heavy atom. The van der Waals surface area contributed by atoms with Gasteiger partial charge in [-0.3, -0.25) is 0 Å². The van der Waals surface area contributed by atoms with Gasteiger partial charge in [0.1, 0.15) is 5.82 Å². The summed E-state index contributed by atoms with van der Waals surface area (Å²) in [5, 5.41) is 3.20. The molecule has 0 saturated heterocycles. The van der Waals surface area contributed by atoms with Crippen molar-refractivity contribution in [3.8, 4) is 0 Å². The van der Waals surface area contributed by atoms with Gasteiger partial charge in [0.05, 0.1) is 16.0 Å². The summed E-state index contributed by atoms with van der Waals surface area (Å²) >= 11 is 1.71. The van der Waals surface area contributed by atoms with E-state index in [4.69, 9.17) is 10.7 Å². The largest absolute Gasteiger partial charge is 0.399 e. The Morgan fingerprint density at radius 3 is 2.76 bits per heavy atom. The van der Waals surface area contributed by atoms with Gasteiger partial charge in [-0.15, -0.1) is 11.3 Å². The number of nitrogens with two attached hydrogens (primary N) is 1. The number of benzene rings is 1. The zero-order chi connectivity index (χ0) is 15.0. The smallest absolute Gasteiger partial charge is 0.112 e. The topological polar surface area (TPSA) is 56.7 Å². The molecule has 1 atom stereocenters. The summed E-state index contributed by atoms with van der Waals surface area (Å²) in [5.74, 6) is 1.86. The van der Waals surface area contributed by atoms with Gasteiger partial charge < -0.3 is 10.3 Å². The minimum atomic E-state index is 0.373. The highest BCUT2D eigenvalue weighted by molar-refractivity contribution is 7.09. The fourth-order valence-electron chi connectivity index (χ4n) is 2.63. The van der Waals surface area contributed by atoms with E-state index < -0.39 is 0 Å². The minimum Gasteiger partial charge on any atom is -0.399 e. The molecule has 0 aliphatic rings. The average molecular weight is 300 g/mol. The Bertz CT molecular complexity index is 743. The van der Waals surface area contributed by atoms with E-state index in [1.54, 1.807) is 11.3 Å². The van der Waals surface area contributed by atoms with Gasteiger partial charge in [-0.1, -0.05) is 20.8 Å². The molecular weight excluding hydrogens is 280 g/mol. The SMILES string of the molecule is CC(C)c1nc2cc(N)ccc2n1CC(C)c1nccs1. The molecule has 0 spiro atoms. The summed E-state index contributed by atoms with van der Waals surface area (Å²) in [7, 11) is 0. The fraction of sp³-hybridized carbons (Fsp3) is 0.375. The molecule has 2 aromatic heterocycles. The van der Waals surface area contributed by atoms with Crippen LogP contribution in [0.25, 0.3) is 11.0 Å². The quantitative estimate of drug-likeness (QED) is 0.741. The minimum absolute atomic E-state index is 0.373. The molecule has 21 heavy (non-hydrogen) atoms. The van der Waals surface area contributed by atoms with Crippen LogP contribution in [0.2, 0.25) is 0 Å². The lowest BCUT2D eigenvalue weighted by molar-refractivity contribution is 0.567. The maximum absolute atomic E-state index is 5.88. The van der Waals surface area contributed by atoms with Gasteiger partial charge in [-0.25, -0.2) is 9.97 Å². The Kier molecular flexibility index (Phi) is 3.68. The Morgan fingerprint density at radius 1 is 1.29 bits per heavy atom. The van der Waals surface area contributed by atoms with Crippen molar-refractivity contribution in [1.29, 1.82) is 0 Å². The summed E-state index contributed by atoms with van der Waals surface area (Å²) < 4.78 is 2.31. The summed E-state index contributed by atoms with van der Waals surface area (Å²) in [4.78, 5) is 9.20. The van der Waals surface area contributed by atoms with Crippen LogP contribution < -0.4 is 5.73 Å². The number of nitrogens with zero attached hydrogens (tertiary/aromatic N) is 3. The average Bonchev–Trinajstić information content (AvgIpc) is 3.06. The lowest BCUT2D eigenvalue weighted by Crippen LogP contribution is -2.10. The zero-order valence-electron chi connectivity index (χ0n) is 12.6. The van der Waals surface area contributed by atoms with Crippen molar-refractivity contribution in [2.45, 2.75) is 39.2 Å². The van der Waals surface area contributed by atoms with Gasteiger partial charge in [-0.05, 0) is 18.2 Å². The molecule has 0 bridgehead atoms. The molecule has 3 rings (SSSR count). The second-order valence-corrected chi connectivity index (χ2v) is 6.68. The highest BCUT2D eigenvalue weighted by atomic mass is 32.1. The Hall–Kier alpha value is -1.88. The summed E-state index contributed by atoms with van der Waals surface area (Å²) in [6.07, 6.45) is 1.87. The first-order valence-corrected chi connectivity index (χ1v) is 8.09.